The fourth-order valence-electron chi connectivity index (χ4n) is 3.38. The van der Waals surface area contributed by atoms with Crippen molar-refractivity contribution in [2.24, 2.45) is 0 Å². The molecule has 0 unspecified atom stereocenters. The van der Waals surface area contributed by atoms with Gasteiger partial charge in [-0.15, -0.1) is 0 Å². The van der Waals surface area contributed by atoms with E-state index in [9.17, 15) is 4.79 Å². The Morgan fingerprint density at radius 3 is 2.60 bits per heavy atom. The standard InChI is InChI=1S/C20H20BrN3O/c1-14-3-2-4-17(11-14)23-7-9-24(10-8-23)20(25)19-12-15-5-6-16(21)13-18(15)22-19/h2-6,11-13,22H,7-10H2,1H3. The largest absolute Gasteiger partial charge is 0.368 e. The molecule has 2 heterocycles. The van der Waals surface area contributed by atoms with Crippen molar-refractivity contribution in [3.05, 3.63) is 64.3 Å². The van der Waals surface area contributed by atoms with Gasteiger partial charge in [-0.3, -0.25) is 4.79 Å². The lowest BCUT2D eigenvalue weighted by molar-refractivity contribution is 0.0742. The van der Waals surface area contributed by atoms with Crippen molar-refractivity contribution in [1.82, 2.24) is 9.88 Å². The summed E-state index contributed by atoms with van der Waals surface area (Å²) in [6.07, 6.45) is 0. The summed E-state index contributed by atoms with van der Waals surface area (Å²) < 4.78 is 1.01. The molecule has 1 aliphatic heterocycles. The van der Waals surface area contributed by atoms with E-state index in [1.165, 1.54) is 11.3 Å². The molecule has 0 saturated carbocycles. The smallest absolute Gasteiger partial charge is 0.270 e. The van der Waals surface area contributed by atoms with E-state index < -0.39 is 0 Å². The normalized spacial score (nSPS) is 15.0. The second kappa shape index (κ2) is 6.56. The summed E-state index contributed by atoms with van der Waals surface area (Å²) in [7, 11) is 0. The van der Waals surface area contributed by atoms with E-state index in [0.29, 0.717) is 5.69 Å². The van der Waals surface area contributed by atoms with Gasteiger partial charge in [-0.2, -0.15) is 0 Å². The van der Waals surface area contributed by atoms with Crippen molar-refractivity contribution in [1.29, 1.82) is 0 Å². The van der Waals surface area contributed by atoms with E-state index in [0.717, 1.165) is 41.6 Å². The molecule has 2 aromatic carbocycles. The molecule has 0 radical (unpaired) electrons. The number of rotatable bonds is 2. The number of carbonyl (C=O) groups is 1. The number of aromatic amines is 1. The van der Waals surface area contributed by atoms with Crippen LogP contribution in [0.5, 0.6) is 0 Å². The van der Waals surface area contributed by atoms with Crippen molar-refractivity contribution < 1.29 is 4.79 Å². The lowest BCUT2D eigenvalue weighted by Crippen LogP contribution is -2.48. The number of fused-ring (bicyclic) bond motifs is 1. The third-order valence-corrected chi connectivity index (χ3v) is 5.24. The van der Waals surface area contributed by atoms with E-state index in [4.69, 9.17) is 0 Å². The predicted molar refractivity (Wildman–Crippen MR) is 105 cm³/mol. The molecule has 4 rings (SSSR count). The fraction of sp³-hybridized carbons (Fsp3) is 0.250. The highest BCUT2D eigenvalue weighted by molar-refractivity contribution is 9.10. The van der Waals surface area contributed by atoms with Gasteiger partial charge in [-0.25, -0.2) is 0 Å². The Morgan fingerprint density at radius 1 is 1.04 bits per heavy atom. The molecule has 3 aromatic rings. The van der Waals surface area contributed by atoms with Crippen LogP contribution in [0.1, 0.15) is 16.1 Å². The van der Waals surface area contributed by atoms with Crippen LogP contribution in [0.2, 0.25) is 0 Å². The molecular weight excluding hydrogens is 378 g/mol. The Balaban J connectivity index is 1.47. The summed E-state index contributed by atoms with van der Waals surface area (Å²) >= 11 is 3.47. The van der Waals surface area contributed by atoms with E-state index >= 15 is 0 Å². The second-order valence-corrected chi connectivity index (χ2v) is 7.45. The van der Waals surface area contributed by atoms with Crippen LogP contribution in [-0.4, -0.2) is 42.0 Å². The number of aromatic nitrogens is 1. The maximum absolute atomic E-state index is 12.8. The number of hydrogen-bond donors (Lipinski definition) is 1. The molecule has 25 heavy (non-hydrogen) atoms. The zero-order chi connectivity index (χ0) is 17.4. The molecule has 1 amide bonds. The van der Waals surface area contributed by atoms with Crippen LogP contribution in [0.15, 0.2) is 53.0 Å². The number of nitrogens with one attached hydrogen (secondary N) is 1. The third-order valence-electron chi connectivity index (χ3n) is 4.75. The van der Waals surface area contributed by atoms with Gasteiger partial charge in [0, 0.05) is 47.2 Å². The zero-order valence-corrected chi connectivity index (χ0v) is 15.7. The van der Waals surface area contributed by atoms with Gasteiger partial charge in [0.05, 0.1) is 0 Å². The molecule has 1 saturated heterocycles. The van der Waals surface area contributed by atoms with Crippen molar-refractivity contribution >= 4 is 38.4 Å². The van der Waals surface area contributed by atoms with Crippen LogP contribution in [0.3, 0.4) is 0 Å². The highest BCUT2D eigenvalue weighted by Crippen LogP contribution is 2.22. The van der Waals surface area contributed by atoms with Crippen molar-refractivity contribution in [2.75, 3.05) is 31.1 Å². The van der Waals surface area contributed by atoms with Crippen LogP contribution in [0.25, 0.3) is 10.9 Å². The number of amides is 1. The maximum atomic E-state index is 12.8. The maximum Gasteiger partial charge on any atom is 0.270 e. The summed E-state index contributed by atoms with van der Waals surface area (Å²) in [5, 5.41) is 1.06. The highest BCUT2D eigenvalue weighted by Gasteiger charge is 2.23. The Morgan fingerprint density at radius 2 is 1.84 bits per heavy atom. The predicted octanol–water partition coefficient (Wildman–Crippen LogP) is 4.20. The molecule has 0 atom stereocenters. The van der Waals surface area contributed by atoms with Gasteiger partial charge in [0.2, 0.25) is 0 Å². The average Bonchev–Trinajstić information content (AvgIpc) is 3.04. The summed E-state index contributed by atoms with van der Waals surface area (Å²) in [5.74, 6) is 0.0798. The first-order valence-electron chi connectivity index (χ1n) is 8.49. The molecule has 0 bridgehead atoms. The number of piperazine rings is 1. The van der Waals surface area contributed by atoms with E-state index in [1.807, 2.05) is 29.2 Å². The second-order valence-electron chi connectivity index (χ2n) is 6.53. The third kappa shape index (κ3) is 3.29. The number of halogens is 1. The van der Waals surface area contributed by atoms with E-state index in [1.54, 1.807) is 0 Å². The Bertz CT molecular complexity index is 926. The molecule has 0 aliphatic carbocycles. The summed E-state index contributed by atoms with van der Waals surface area (Å²) in [5.41, 5.74) is 4.15. The van der Waals surface area contributed by atoms with Gasteiger partial charge in [0.15, 0.2) is 0 Å². The number of hydrogen-bond acceptors (Lipinski definition) is 2. The van der Waals surface area contributed by atoms with Crippen LogP contribution < -0.4 is 4.90 Å². The first-order chi connectivity index (χ1) is 12.1. The molecule has 5 heteroatoms. The molecule has 1 fully saturated rings. The number of anilines is 1. The van der Waals surface area contributed by atoms with Gasteiger partial charge >= 0.3 is 0 Å². The first-order valence-corrected chi connectivity index (χ1v) is 9.28. The quantitative estimate of drug-likeness (QED) is 0.703. The molecule has 4 nitrogen and oxygen atoms in total. The summed E-state index contributed by atoms with van der Waals surface area (Å²) in [6.45, 7) is 5.32. The molecule has 1 aliphatic rings. The molecular formula is C20H20BrN3O. The van der Waals surface area contributed by atoms with E-state index in [-0.39, 0.29) is 5.91 Å². The number of carbonyl (C=O) groups excluding carboxylic acids is 1. The highest BCUT2D eigenvalue weighted by atomic mass is 79.9. The average molecular weight is 398 g/mol. The Labute approximate surface area is 155 Å². The van der Waals surface area contributed by atoms with Crippen molar-refractivity contribution in [3.8, 4) is 0 Å². The first kappa shape index (κ1) is 16.2. The van der Waals surface area contributed by atoms with Gasteiger partial charge in [0.25, 0.3) is 5.91 Å². The van der Waals surface area contributed by atoms with Crippen LogP contribution >= 0.6 is 15.9 Å². The number of nitrogens with zero attached hydrogens (tertiary/aromatic N) is 2. The molecule has 1 aromatic heterocycles. The molecule has 0 spiro atoms. The number of benzene rings is 2. The summed E-state index contributed by atoms with van der Waals surface area (Å²) in [4.78, 5) is 20.3. The summed E-state index contributed by atoms with van der Waals surface area (Å²) in [6, 6.07) is 16.5. The van der Waals surface area contributed by atoms with Gasteiger partial charge in [-0.1, -0.05) is 34.1 Å². The van der Waals surface area contributed by atoms with E-state index in [2.05, 4.69) is 57.0 Å². The number of aryl methyl sites for hydroxylation is 1. The van der Waals surface area contributed by atoms with Crippen molar-refractivity contribution in [2.45, 2.75) is 6.92 Å². The topological polar surface area (TPSA) is 39.3 Å². The fourth-order valence-corrected chi connectivity index (χ4v) is 3.74. The SMILES string of the molecule is Cc1cccc(N2CCN(C(=O)c3cc4ccc(Br)cc4[nH]3)CC2)c1. The van der Waals surface area contributed by atoms with Gasteiger partial charge < -0.3 is 14.8 Å². The zero-order valence-electron chi connectivity index (χ0n) is 14.1. The Hall–Kier alpha value is -2.27. The minimum atomic E-state index is 0.0798. The van der Waals surface area contributed by atoms with Crippen LogP contribution in [-0.2, 0) is 0 Å². The lowest BCUT2D eigenvalue weighted by Gasteiger charge is -2.36. The van der Waals surface area contributed by atoms with Gasteiger partial charge in [0.1, 0.15) is 5.69 Å². The monoisotopic (exact) mass is 397 g/mol. The molecule has 128 valence electrons. The number of H-pyrrole nitrogens is 1. The van der Waals surface area contributed by atoms with Crippen molar-refractivity contribution in [3.63, 3.8) is 0 Å². The Kier molecular flexibility index (Phi) is 4.25. The minimum Gasteiger partial charge on any atom is -0.368 e. The van der Waals surface area contributed by atoms with Crippen LogP contribution in [0.4, 0.5) is 5.69 Å². The molecule has 1 N–H and O–H groups in total. The minimum absolute atomic E-state index is 0.0798. The van der Waals surface area contributed by atoms with Crippen LogP contribution in [0, 0.1) is 6.92 Å². The van der Waals surface area contributed by atoms with Gasteiger partial charge in [-0.05, 0) is 42.8 Å². The lowest BCUT2D eigenvalue weighted by atomic mass is 10.2.